The number of nitrogens with one attached hydrogen (secondary N) is 1. The number of ether oxygens (including phenoxy) is 1. The highest BCUT2D eigenvalue weighted by atomic mass is 16.5. The fraction of sp³-hybridized carbons (Fsp3) is 0.217. The molecule has 1 aliphatic rings. The lowest BCUT2D eigenvalue weighted by Crippen LogP contribution is -2.33. The molecule has 1 unspecified atom stereocenters. The van der Waals surface area contributed by atoms with Gasteiger partial charge in [0.1, 0.15) is 11.6 Å². The van der Waals surface area contributed by atoms with Crippen LogP contribution in [0.4, 0.5) is 5.82 Å². The van der Waals surface area contributed by atoms with Crippen LogP contribution in [-0.2, 0) is 11.3 Å². The van der Waals surface area contributed by atoms with Crippen molar-refractivity contribution in [2.45, 2.75) is 26.3 Å². The van der Waals surface area contributed by atoms with E-state index in [-0.39, 0.29) is 5.92 Å². The highest BCUT2D eigenvalue weighted by Gasteiger charge is 2.44. The molecule has 142 valence electrons. The van der Waals surface area contributed by atoms with E-state index in [0.717, 1.165) is 16.7 Å². The molecule has 0 aliphatic carbocycles. The summed E-state index contributed by atoms with van der Waals surface area (Å²) >= 11 is 0. The summed E-state index contributed by atoms with van der Waals surface area (Å²) in [7, 11) is 0. The van der Waals surface area contributed by atoms with Crippen LogP contribution in [-0.4, -0.2) is 16.1 Å². The summed E-state index contributed by atoms with van der Waals surface area (Å²) in [5.74, 6) is 0.596. The molecule has 1 aromatic heterocycles. The molecule has 5 nitrogen and oxygen atoms in total. The molecule has 2 N–H and O–H groups in total. The fourth-order valence-electron chi connectivity index (χ4n) is 3.62. The lowest BCUT2D eigenvalue weighted by Gasteiger charge is -2.36. The smallest absolute Gasteiger partial charge is 0.310 e. The van der Waals surface area contributed by atoms with E-state index in [4.69, 9.17) is 4.74 Å². The number of carboxylic acid groups (broad SMARTS) is 1. The van der Waals surface area contributed by atoms with Gasteiger partial charge in [0.2, 0.25) is 5.88 Å². The van der Waals surface area contributed by atoms with Crippen molar-refractivity contribution < 1.29 is 14.6 Å². The van der Waals surface area contributed by atoms with Crippen molar-refractivity contribution in [3.8, 4) is 11.6 Å². The van der Waals surface area contributed by atoms with Crippen molar-refractivity contribution in [1.29, 1.82) is 0 Å². The lowest BCUT2D eigenvalue weighted by atomic mass is 9.70. The zero-order valence-electron chi connectivity index (χ0n) is 15.8. The first kappa shape index (κ1) is 18.0. The minimum absolute atomic E-state index is 0.347. The summed E-state index contributed by atoms with van der Waals surface area (Å²) in [5, 5.41) is 13.1. The molecular formula is C23H22N2O3. The van der Waals surface area contributed by atoms with Gasteiger partial charge in [-0.3, -0.25) is 4.79 Å². The van der Waals surface area contributed by atoms with Crippen molar-refractivity contribution >= 4 is 11.8 Å². The number of pyridine rings is 1. The predicted octanol–water partition coefficient (Wildman–Crippen LogP) is 5.04. The summed E-state index contributed by atoms with van der Waals surface area (Å²) in [6.07, 6.45) is 0. The maximum Gasteiger partial charge on any atom is 0.310 e. The van der Waals surface area contributed by atoms with E-state index in [9.17, 15) is 9.90 Å². The average Bonchev–Trinajstić information content (AvgIpc) is 2.70. The zero-order valence-corrected chi connectivity index (χ0v) is 15.8. The van der Waals surface area contributed by atoms with Crippen molar-refractivity contribution in [3.05, 3.63) is 83.4 Å². The molecule has 4 rings (SSSR count). The maximum absolute atomic E-state index is 12.0. The molecular weight excluding hydrogens is 352 g/mol. The minimum Gasteiger partial charge on any atom is -0.481 e. The van der Waals surface area contributed by atoms with E-state index in [1.165, 1.54) is 0 Å². The summed E-state index contributed by atoms with van der Waals surface area (Å²) in [5.41, 5.74) is 1.80. The van der Waals surface area contributed by atoms with E-state index >= 15 is 0 Å². The first-order chi connectivity index (χ1) is 13.5. The van der Waals surface area contributed by atoms with Crippen LogP contribution in [0.5, 0.6) is 11.6 Å². The van der Waals surface area contributed by atoms with Gasteiger partial charge < -0.3 is 15.2 Å². The zero-order chi connectivity index (χ0) is 19.7. The number of anilines is 1. The van der Waals surface area contributed by atoms with Crippen LogP contribution >= 0.6 is 0 Å². The third-order valence-electron chi connectivity index (χ3n) is 5.23. The Kier molecular flexibility index (Phi) is 4.51. The number of para-hydroxylation sites is 1. The highest BCUT2D eigenvalue weighted by Crippen LogP contribution is 2.51. The first-order valence-corrected chi connectivity index (χ1v) is 9.26. The molecule has 1 aliphatic heterocycles. The number of carbonyl (C=O) groups is 1. The second kappa shape index (κ2) is 7.00. The summed E-state index contributed by atoms with van der Waals surface area (Å²) < 4.78 is 6.03. The van der Waals surface area contributed by atoms with Gasteiger partial charge in [-0.1, -0.05) is 48.5 Å². The second-order valence-electron chi connectivity index (χ2n) is 7.53. The Morgan fingerprint density at radius 2 is 1.75 bits per heavy atom. The lowest BCUT2D eigenvalue weighted by molar-refractivity contribution is -0.147. The summed E-state index contributed by atoms with van der Waals surface area (Å²) in [6, 6.07) is 21.4. The Bertz CT molecular complexity index is 1020. The topological polar surface area (TPSA) is 71.5 Å². The Morgan fingerprint density at radius 1 is 1.04 bits per heavy atom. The number of aromatic nitrogens is 1. The van der Waals surface area contributed by atoms with Crippen molar-refractivity contribution in [1.82, 2.24) is 4.98 Å². The molecule has 0 radical (unpaired) electrons. The Hall–Kier alpha value is -3.34. The standard InChI is InChI=1S/C23H22N2O3/c1-23(2,22(26)27)20-16-10-6-7-11-18(16)28-21-17(20)12-13-19(25-21)24-14-15-8-4-3-5-9-15/h3-13,20H,14H2,1-2H3,(H,24,25)(H,26,27). The largest absolute Gasteiger partial charge is 0.481 e. The van der Waals surface area contributed by atoms with Crippen molar-refractivity contribution in [3.63, 3.8) is 0 Å². The van der Waals surface area contributed by atoms with Crippen LogP contribution in [0.3, 0.4) is 0 Å². The van der Waals surface area contributed by atoms with Gasteiger partial charge in [-0.25, -0.2) is 0 Å². The van der Waals surface area contributed by atoms with Crippen LogP contribution in [0.2, 0.25) is 0 Å². The number of rotatable bonds is 5. The van der Waals surface area contributed by atoms with Gasteiger partial charge >= 0.3 is 5.97 Å². The molecule has 5 heteroatoms. The van der Waals surface area contributed by atoms with Crippen LogP contribution in [0, 0.1) is 5.41 Å². The molecule has 2 aromatic carbocycles. The molecule has 0 saturated carbocycles. The van der Waals surface area contributed by atoms with E-state index in [1.807, 2.05) is 66.7 Å². The second-order valence-corrected chi connectivity index (χ2v) is 7.53. The number of benzene rings is 2. The molecule has 3 aromatic rings. The van der Waals surface area contributed by atoms with Crippen LogP contribution in [0.25, 0.3) is 0 Å². The minimum atomic E-state index is -1.00. The molecule has 0 amide bonds. The number of aliphatic carboxylic acids is 1. The number of fused-ring (bicyclic) bond motifs is 2. The molecule has 0 bridgehead atoms. The summed E-state index contributed by atoms with van der Waals surface area (Å²) in [6.45, 7) is 4.13. The van der Waals surface area contributed by atoms with Gasteiger partial charge in [-0.15, -0.1) is 0 Å². The van der Waals surface area contributed by atoms with Crippen LogP contribution in [0.1, 0.15) is 36.5 Å². The van der Waals surface area contributed by atoms with Gasteiger partial charge in [0.15, 0.2) is 0 Å². The van der Waals surface area contributed by atoms with Gasteiger partial charge in [-0.05, 0) is 37.6 Å². The fourth-order valence-corrected chi connectivity index (χ4v) is 3.62. The van der Waals surface area contributed by atoms with Crippen LogP contribution in [0.15, 0.2) is 66.7 Å². The normalized spacial score (nSPS) is 15.1. The Morgan fingerprint density at radius 3 is 2.50 bits per heavy atom. The SMILES string of the molecule is CC(C)(C(=O)O)C1c2ccccc2Oc2nc(NCc3ccccc3)ccc21. The van der Waals surface area contributed by atoms with Crippen LogP contribution < -0.4 is 10.1 Å². The molecule has 0 spiro atoms. The molecule has 0 fully saturated rings. The molecule has 28 heavy (non-hydrogen) atoms. The van der Waals surface area contributed by atoms with E-state index in [0.29, 0.717) is 24.0 Å². The van der Waals surface area contributed by atoms with E-state index in [2.05, 4.69) is 10.3 Å². The van der Waals surface area contributed by atoms with Gasteiger partial charge in [0, 0.05) is 23.6 Å². The number of hydrogen-bond acceptors (Lipinski definition) is 4. The van der Waals surface area contributed by atoms with E-state index in [1.54, 1.807) is 13.8 Å². The van der Waals surface area contributed by atoms with Crippen molar-refractivity contribution in [2.24, 2.45) is 5.41 Å². The van der Waals surface area contributed by atoms with Gasteiger partial charge in [0.25, 0.3) is 0 Å². The summed E-state index contributed by atoms with van der Waals surface area (Å²) in [4.78, 5) is 16.6. The average molecular weight is 374 g/mol. The third kappa shape index (κ3) is 3.20. The maximum atomic E-state index is 12.0. The monoisotopic (exact) mass is 374 g/mol. The quantitative estimate of drug-likeness (QED) is 0.654. The van der Waals surface area contributed by atoms with Gasteiger partial charge in [-0.2, -0.15) is 4.98 Å². The Labute approximate surface area is 164 Å². The molecule has 0 saturated heterocycles. The first-order valence-electron chi connectivity index (χ1n) is 9.26. The number of hydrogen-bond donors (Lipinski definition) is 2. The number of nitrogens with zero attached hydrogens (tertiary/aromatic N) is 1. The van der Waals surface area contributed by atoms with Crippen molar-refractivity contribution in [2.75, 3.05) is 5.32 Å². The number of carboxylic acids is 1. The van der Waals surface area contributed by atoms with Gasteiger partial charge in [0.05, 0.1) is 5.41 Å². The Balaban J connectivity index is 1.70. The van der Waals surface area contributed by atoms with E-state index < -0.39 is 11.4 Å². The molecule has 1 atom stereocenters. The third-order valence-corrected chi connectivity index (χ3v) is 5.23. The molecule has 2 heterocycles. The highest BCUT2D eigenvalue weighted by molar-refractivity contribution is 5.77. The predicted molar refractivity (Wildman–Crippen MR) is 108 cm³/mol.